The SMILES string of the molecule is CC(C)Oc1cc(C=CC(=O)c2ccc(O)cc2)cc(OC(C)C)c1C(C)(C)C. The van der Waals surface area contributed by atoms with E-state index in [-0.39, 0.29) is 29.2 Å². The maximum absolute atomic E-state index is 12.4. The monoisotopic (exact) mass is 396 g/mol. The van der Waals surface area contributed by atoms with E-state index in [4.69, 9.17) is 9.47 Å². The van der Waals surface area contributed by atoms with Crippen LogP contribution in [0.4, 0.5) is 0 Å². The zero-order valence-corrected chi connectivity index (χ0v) is 18.4. The molecule has 0 bridgehead atoms. The molecule has 0 spiro atoms. The summed E-state index contributed by atoms with van der Waals surface area (Å²) in [4.78, 5) is 12.4. The topological polar surface area (TPSA) is 55.8 Å². The molecule has 0 heterocycles. The predicted octanol–water partition coefficient (Wildman–Crippen LogP) is 6.16. The van der Waals surface area contributed by atoms with Crippen molar-refractivity contribution in [3.8, 4) is 17.2 Å². The second-order valence-electron chi connectivity index (χ2n) is 8.72. The summed E-state index contributed by atoms with van der Waals surface area (Å²) in [6.07, 6.45) is 3.32. The van der Waals surface area contributed by atoms with Gasteiger partial charge in [-0.15, -0.1) is 0 Å². The number of benzene rings is 2. The molecule has 2 rings (SSSR count). The van der Waals surface area contributed by atoms with Gasteiger partial charge in [0.2, 0.25) is 0 Å². The first-order chi connectivity index (χ1) is 13.5. The number of ketones is 1. The highest BCUT2D eigenvalue weighted by Gasteiger charge is 2.26. The second kappa shape index (κ2) is 9.17. The van der Waals surface area contributed by atoms with Gasteiger partial charge in [-0.1, -0.05) is 26.8 Å². The van der Waals surface area contributed by atoms with E-state index in [0.717, 1.165) is 22.6 Å². The minimum Gasteiger partial charge on any atom is -0.508 e. The van der Waals surface area contributed by atoms with E-state index in [2.05, 4.69) is 20.8 Å². The van der Waals surface area contributed by atoms with E-state index in [1.165, 1.54) is 18.2 Å². The smallest absolute Gasteiger partial charge is 0.185 e. The number of carbonyl (C=O) groups excluding carboxylic acids is 1. The fourth-order valence-electron chi connectivity index (χ4n) is 3.03. The Balaban J connectivity index is 2.48. The molecule has 0 radical (unpaired) electrons. The standard InChI is InChI=1S/C25H32O4/c1-16(2)28-22-14-18(8-13-21(27)19-9-11-20(26)12-10-19)15-23(29-17(3)4)24(22)25(5,6)7/h8-17,26H,1-7H3. The number of rotatable bonds is 7. The van der Waals surface area contributed by atoms with Crippen molar-refractivity contribution >= 4 is 11.9 Å². The predicted molar refractivity (Wildman–Crippen MR) is 118 cm³/mol. The Bertz CT molecular complexity index is 838. The number of hydrogen-bond acceptors (Lipinski definition) is 4. The number of phenolic OH excluding ortho intramolecular Hbond substituents is 1. The van der Waals surface area contributed by atoms with Gasteiger partial charge in [-0.3, -0.25) is 4.79 Å². The van der Waals surface area contributed by atoms with Crippen molar-refractivity contribution in [2.45, 2.75) is 66.1 Å². The lowest BCUT2D eigenvalue weighted by Gasteiger charge is -2.28. The fraction of sp³-hybridized carbons (Fsp3) is 0.400. The molecular formula is C25H32O4. The number of hydrogen-bond donors (Lipinski definition) is 1. The van der Waals surface area contributed by atoms with Gasteiger partial charge in [0.25, 0.3) is 0 Å². The van der Waals surface area contributed by atoms with Crippen LogP contribution in [0.15, 0.2) is 42.5 Å². The van der Waals surface area contributed by atoms with Crippen molar-refractivity contribution in [2.75, 3.05) is 0 Å². The van der Waals surface area contributed by atoms with Crippen LogP contribution < -0.4 is 9.47 Å². The van der Waals surface area contributed by atoms with Gasteiger partial charge >= 0.3 is 0 Å². The van der Waals surface area contributed by atoms with E-state index < -0.39 is 0 Å². The third-order valence-electron chi connectivity index (χ3n) is 4.14. The summed E-state index contributed by atoms with van der Waals surface area (Å²) in [7, 11) is 0. The molecule has 0 unspecified atom stereocenters. The number of ether oxygens (including phenoxy) is 2. The molecular weight excluding hydrogens is 364 g/mol. The van der Waals surface area contributed by atoms with Gasteiger partial charge in [0, 0.05) is 11.1 Å². The number of carbonyl (C=O) groups is 1. The van der Waals surface area contributed by atoms with Crippen LogP contribution in [0.2, 0.25) is 0 Å². The molecule has 1 N–H and O–H groups in total. The van der Waals surface area contributed by atoms with Crippen LogP contribution in [0.3, 0.4) is 0 Å². The zero-order chi connectivity index (χ0) is 21.8. The van der Waals surface area contributed by atoms with Gasteiger partial charge in [-0.25, -0.2) is 0 Å². The Morgan fingerprint density at radius 3 is 1.83 bits per heavy atom. The van der Waals surface area contributed by atoms with E-state index >= 15 is 0 Å². The molecule has 156 valence electrons. The molecule has 0 aromatic heterocycles. The van der Waals surface area contributed by atoms with Crippen molar-refractivity contribution in [3.05, 3.63) is 59.2 Å². The lowest BCUT2D eigenvalue weighted by molar-refractivity contribution is 0.104. The third kappa shape index (κ3) is 6.38. The van der Waals surface area contributed by atoms with Crippen molar-refractivity contribution in [2.24, 2.45) is 0 Å². The first kappa shape index (κ1) is 22.5. The van der Waals surface area contributed by atoms with Crippen LogP contribution in [0.25, 0.3) is 6.08 Å². The minimum absolute atomic E-state index is 0.0147. The van der Waals surface area contributed by atoms with Crippen LogP contribution in [-0.4, -0.2) is 23.1 Å². The van der Waals surface area contributed by atoms with E-state index in [9.17, 15) is 9.90 Å². The summed E-state index contributed by atoms with van der Waals surface area (Å²) in [6.45, 7) is 14.4. The normalized spacial score (nSPS) is 12.0. The van der Waals surface area contributed by atoms with Gasteiger partial charge in [0.15, 0.2) is 5.78 Å². The van der Waals surface area contributed by atoms with Crippen LogP contribution in [0.1, 0.15) is 70.0 Å². The highest BCUT2D eigenvalue weighted by atomic mass is 16.5. The number of aromatic hydroxyl groups is 1. The Morgan fingerprint density at radius 2 is 1.41 bits per heavy atom. The summed E-state index contributed by atoms with van der Waals surface area (Å²) in [5.41, 5.74) is 2.19. The van der Waals surface area contributed by atoms with Gasteiger partial charge in [0.1, 0.15) is 17.2 Å². The summed E-state index contributed by atoms with van der Waals surface area (Å²) in [5.74, 6) is 1.53. The van der Waals surface area contributed by atoms with Crippen molar-refractivity contribution in [1.82, 2.24) is 0 Å². The maximum atomic E-state index is 12.4. The molecule has 29 heavy (non-hydrogen) atoms. The molecule has 4 nitrogen and oxygen atoms in total. The van der Waals surface area contributed by atoms with Gasteiger partial charge in [-0.2, -0.15) is 0 Å². The lowest BCUT2D eigenvalue weighted by Crippen LogP contribution is -2.19. The maximum Gasteiger partial charge on any atom is 0.185 e. The van der Waals surface area contributed by atoms with E-state index in [1.807, 2.05) is 39.8 Å². The molecule has 0 aliphatic heterocycles. The van der Waals surface area contributed by atoms with Crippen molar-refractivity contribution < 1.29 is 19.4 Å². The molecule has 4 heteroatoms. The first-order valence-electron chi connectivity index (χ1n) is 10.0. The van der Waals surface area contributed by atoms with Gasteiger partial charge in [0.05, 0.1) is 12.2 Å². The van der Waals surface area contributed by atoms with Gasteiger partial charge < -0.3 is 14.6 Å². The molecule has 0 amide bonds. The molecule has 0 fully saturated rings. The van der Waals surface area contributed by atoms with Crippen molar-refractivity contribution in [1.29, 1.82) is 0 Å². The molecule has 0 atom stereocenters. The Labute approximate surface area is 174 Å². The summed E-state index contributed by atoms with van der Waals surface area (Å²) in [6, 6.07) is 10.1. The quantitative estimate of drug-likeness (QED) is 0.450. The molecule has 0 aliphatic carbocycles. The highest BCUT2D eigenvalue weighted by molar-refractivity contribution is 6.06. The number of phenols is 1. The molecule has 0 saturated heterocycles. The number of allylic oxidation sites excluding steroid dienone is 1. The van der Waals surface area contributed by atoms with E-state index in [0.29, 0.717) is 5.56 Å². The van der Waals surface area contributed by atoms with Crippen LogP contribution >= 0.6 is 0 Å². The van der Waals surface area contributed by atoms with Crippen LogP contribution in [-0.2, 0) is 5.41 Å². The zero-order valence-electron chi connectivity index (χ0n) is 18.4. The fourth-order valence-corrected chi connectivity index (χ4v) is 3.03. The second-order valence-corrected chi connectivity index (χ2v) is 8.72. The highest BCUT2D eigenvalue weighted by Crippen LogP contribution is 2.41. The summed E-state index contributed by atoms with van der Waals surface area (Å²) < 4.78 is 12.2. The average molecular weight is 397 g/mol. The van der Waals surface area contributed by atoms with Gasteiger partial charge in [-0.05, 0) is 81.1 Å². The minimum atomic E-state index is -0.168. The molecule has 2 aromatic rings. The molecule has 0 saturated carbocycles. The Kier molecular flexibility index (Phi) is 7.12. The first-order valence-corrected chi connectivity index (χ1v) is 10.0. The van der Waals surface area contributed by atoms with E-state index in [1.54, 1.807) is 18.2 Å². The Morgan fingerprint density at radius 1 is 0.931 bits per heavy atom. The summed E-state index contributed by atoms with van der Waals surface area (Å²) >= 11 is 0. The van der Waals surface area contributed by atoms with Crippen LogP contribution in [0, 0.1) is 0 Å². The molecule has 0 aliphatic rings. The Hall–Kier alpha value is -2.75. The average Bonchev–Trinajstić information content (AvgIpc) is 2.57. The molecule has 2 aromatic carbocycles. The third-order valence-corrected chi connectivity index (χ3v) is 4.14. The summed E-state index contributed by atoms with van der Waals surface area (Å²) in [5, 5.41) is 9.39. The largest absolute Gasteiger partial charge is 0.508 e. The lowest BCUT2D eigenvalue weighted by atomic mass is 9.84. The van der Waals surface area contributed by atoms with Crippen LogP contribution in [0.5, 0.6) is 17.2 Å². The van der Waals surface area contributed by atoms with Crippen molar-refractivity contribution in [3.63, 3.8) is 0 Å².